The quantitative estimate of drug-likeness (QED) is 0.446. The van der Waals surface area contributed by atoms with Crippen molar-refractivity contribution in [2.45, 2.75) is 32.9 Å². The maximum atomic E-state index is 11.9. The average molecular weight is 320 g/mol. The third-order valence-corrected chi connectivity index (χ3v) is 2.96. The summed E-state index contributed by atoms with van der Waals surface area (Å²) in [5.41, 5.74) is -1.88. The van der Waals surface area contributed by atoms with Crippen molar-refractivity contribution in [1.29, 1.82) is 0 Å². The molecule has 1 aromatic heterocycles. The summed E-state index contributed by atoms with van der Waals surface area (Å²) >= 11 is 3.19. The molecular weight excluding hydrogens is 306 g/mol. The first-order chi connectivity index (χ1) is 8.52. The Hall–Kier alpha value is -1.44. The number of nitrogens with zero attached hydrogens (tertiary/aromatic N) is 3. The first-order valence-corrected chi connectivity index (χ1v) is 6.69. The fraction of sp³-hybridized carbons (Fsp3) is 0.600. The molecule has 0 aliphatic carbocycles. The lowest BCUT2D eigenvalue weighted by Gasteiger charge is -2.08. The molecule has 0 radical (unpaired) electrons. The van der Waals surface area contributed by atoms with E-state index in [1.165, 1.54) is 4.57 Å². The fourth-order valence-electron chi connectivity index (χ4n) is 1.58. The highest BCUT2D eigenvalue weighted by Gasteiger charge is 2.19. The molecule has 0 spiro atoms. The molecular formula is C10H14BrN3O4. The van der Waals surface area contributed by atoms with E-state index in [0.29, 0.717) is 24.7 Å². The van der Waals surface area contributed by atoms with Crippen LogP contribution in [0.3, 0.4) is 0 Å². The third kappa shape index (κ3) is 3.06. The van der Waals surface area contributed by atoms with Crippen LogP contribution in [0.5, 0.6) is 0 Å². The molecule has 0 bridgehead atoms. The Morgan fingerprint density at radius 3 is 2.56 bits per heavy atom. The molecule has 0 unspecified atom stereocenters. The standard InChI is InChI=1S/C10H14BrN3O4/c1-2-5-12-7-8(14(17)18)9(15)13(10(12)16)6-3-4-11/h7H,2-6H2,1H3. The zero-order valence-corrected chi connectivity index (χ0v) is 11.6. The summed E-state index contributed by atoms with van der Waals surface area (Å²) in [6.07, 6.45) is 2.24. The second-order valence-corrected chi connectivity index (χ2v) is 4.54. The Morgan fingerprint density at radius 2 is 2.06 bits per heavy atom. The van der Waals surface area contributed by atoms with Gasteiger partial charge in [-0.25, -0.2) is 4.79 Å². The Kier molecular flexibility index (Phi) is 5.26. The van der Waals surface area contributed by atoms with E-state index in [1.807, 2.05) is 6.92 Å². The van der Waals surface area contributed by atoms with Crippen LogP contribution in [0.4, 0.5) is 5.69 Å². The maximum Gasteiger partial charge on any atom is 0.350 e. The molecule has 0 N–H and O–H groups in total. The predicted molar refractivity (Wildman–Crippen MR) is 70.3 cm³/mol. The Bertz CT molecular complexity index is 549. The molecule has 0 atom stereocenters. The molecule has 0 amide bonds. The van der Waals surface area contributed by atoms with Gasteiger partial charge in [0.1, 0.15) is 0 Å². The van der Waals surface area contributed by atoms with Crippen LogP contribution in [0.1, 0.15) is 19.8 Å². The Balaban J connectivity index is 3.41. The summed E-state index contributed by atoms with van der Waals surface area (Å²) in [5, 5.41) is 11.4. The molecule has 18 heavy (non-hydrogen) atoms. The number of hydrogen-bond donors (Lipinski definition) is 0. The van der Waals surface area contributed by atoms with Gasteiger partial charge in [0, 0.05) is 18.4 Å². The molecule has 0 aliphatic heterocycles. The van der Waals surface area contributed by atoms with E-state index in [1.54, 1.807) is 0 Å². The number of halogens is 1. The van der Waals surface area contributed by atoms with Gasteiger partial charge in [-0.2, -0.15) is 0 Å². The van der Waals surface area contributed by atoms with Gasteiger partial charge in [-0.15, -0.1) is 0 Å². The molecule has 0 aromatic carbocycles. The van der Waals surface area contributed by atoms with Crippen molar-refractivity contribution < 1.29 is 4.92 Å². The Labute approximate surface area is 111 Å². The summed E-state index contributed by atoms with van der Waals surface area (Å²) < 4.78 is 2.14. The summed E-state index contributed by atoms with van der Waals surface area (Å²) in [5.74, 6) is 0. The van der Waals surface area contributed by atoms with Crippen LogP contribution >= 0.6 is 15.9 Å². The van der Waals surface area contributed by atoms with E-state index in [4.69, 9.17) is 0 Å². The lowest BCUT2D eigenvalue weighted by atomic mass is 10.4. The van der Waals surface area contributed by atoms with Crippen LogP contribution in [0.25, 0.3) is 0 Å². The van der Waals surface area contributed by atoms with Gasteiger partial charge in [-0.3, -0.25) is 24.0 Å². The van der Waals surface area contributed by atoms with Crippen molar-refractivity contribution >= 4 is 21.6 Å². The van der Waals surface area contributed by atoms with Crippen molar-refractivity contribution in [2.75, 3.05) is 5.33 Å². The molecule has 1 aromatic rings. The molecule has 7 nitrogen and oxygen atoms in total. The van der Waals surface area contributed by atoms with Gasteiger partial charge < -0.3 is 0 Å². The summed E-state index contributed by atoms with van der Waals surface area (Å²) in [6.45, 7) is 2.38. The van der Waals surface area contributed by atoms with Gasteiger partial charge in [-0.1, -0.05) is 22.9 Å². The van der Waals surface area contributed by atoms with Crippen LogP contribution in [0.15, 0.2) is 15.8 Å². The SMILES string of the molecule is CCCn1cc([N+](=O)[O-])c(=O)n(CCCBr)c1=O. The molecule has 1 rings (SSSR count). The minimum atomic E-state index is -0.835. The number of nitro groups is 1. The number of hydrogen-bond acceptors (Lipinski definition) is 4. The summed E-state index contributed by atoms with van der Waals surface area (Å²) in [7, 11) is 0. The van der Waals surface area contributed by atoms with Crippen molar-refractivity contribution in [3.8, 4) is 0 Å². The van der Waals surface area contributed by atoms with Gasteiger partial charge in [0.25, 0.3) is 0 Å². The van der Waals surface area contributed by atoms with Crippen LogP contribution < -0.4 is 11.2 Å². The lowest BCUT2D eigenvalue weighted by molar-refractivity contribution is -0.387. The monoisotopic (exact) mass is 319 g/mol. The second-order valence-electron chi connectivity index (χ2n) is 3.75. The topological polar surface area (TPSA) is 87.1 Å². The predicted octanol–water partition coefficient (Wildman–Crippen LogP) is 1.11. The molecule has 1 heterocycles. The van der Waals surface area contributed by atoms with Crippen molar-refractivity contribution in [2.24, 2.45) is 0 Å². The molecule has 0 saturated carbocycles. The number of alkyl halides is 1. The third-order valence-electron chi connectivity index (χ3n) is 2.40. The van der Waals surface area contributed by atoms with E-state index >= 15 is 0 Å². The minimum absolute atomic E-state index is 0.175. The first kappa shape index (κ1) is 14.6. The molecule has 0 saturated heterocycles. The van der Waals surface area contributed by atoms with Gasteiger partial charge in [0.05, 0.1) is 11.1 Å². The average Bonchev–Trinajstić information content (AvgIpc) is 2.32. The van der Waals surface area contributed by atoms with E-state index in [0.717, 1.165) is 10.8 Å². The molecule has 0 aliphatic rings. The fourth-order valence-corrected chi connectivity index (χ4v) is 1.83. The minimum Gasteiger partial charge on any atom is -0.293 e. The zero-order chi connectivity index (χ0) is 13.7. The zero-order valence-electron chi connectivity index (χ0n) is 9.97. The summed E-state index contributed by atoms with van der Waals surface area (Å²) in [6, 6.07) is 0. The van der Waals surface area contributed by atoms with E-state index in [2.05, 4.69) is 15.9 Å². The van der Waals surface area contributed by atoms with Crippen LogP contribution in [-0.2, 0) is 13.1 Å². The van der Waals surface area contributed by atoms with Gasteiger partial charge >= 0.3 is 16.9 Å². The van der Waals surface area contributed by atoms with Gasteiger partial charge in [0.2, 0.25) is 0 Å². The van der Waals surface area contributed by atoms with Gasteiger partial charge in [0.15, 0.2) is 0 Å². The highest BCUT2D eigenvalue weighted by Crippen LogP contribution is 2.02. The number of aromatic nitrogens is 2. The van der Waals surface area contributed by atoms with Crippen LogP contribution in [0, 0.1) is 10.1 Å². The van der Waals surface area contributed by atoms with E-state index in [9.17, 15) is 19.7 Å². The molecule has 8 heteroatoms. The molecule has 100 valence electrons. The van der Waals surface area contributed by atoms with E-state index < -0.39 is 21.9 Å². The van der Waals surface area contributed by atoms with Crippen molar-refractivity contribution in [3.63, 3.8) is 0 Å². The van der Waals surface area contributed by atoms with Crippen LogP contribution in [-0.4, -0.2) is 19.4 Å². The van der Waals surface area contributed by atoms with Gasteiger partial charge in [-0.05, 0) is 12.8 Å². The smallest absolute Gasteiger partial charge is 0.293 e. The largest absolute Gasteiger partial charge is 0.350 e. The normalized spacial score (nSPS) is 10.6. The Morgan fingerprint density at radius 1 is 1.39 bits per heavy atom. The van der Waals surface area contributed by atoms with Crippen molar-refractivity contribution in [1.82, 2.24) is 9.13 Å². The maximum absolute atomic E-state index is 11.9. The highest BCUT2D eigenvalue weighted by molar-refractivity contribution is 9.09. The van der Waals surface area contributed by atoms with Crippen molar-refractivity contribution in [3.05, 3.63) is 37.1 Å². The second kappa shape index (κ2) is 6.48. The summed E-state index contributed by atoms with van der Waals surface area (Å²) in [4.78, 5) is 33.8. The number of rotatable bonds is 6. The highest BCUT2D eigenvalue weighted by atomic mass is 79.9. The van der Waals surface area contributed by atoms with E-state index in [-0.39, 0.29) is 6.54 Å². The molecule has 0 fully saturated rings. The van der Waals surface area contributed by atoms with Crippen LogP contribution in [0.2, 0.25) is 0 Å². The number of aryl methyl sites for hydroxylation is 1. The first-order valence-electron chi connectivity index (χ1n) is 5.57. The lowest BCUT2D eigenvalue weighted by Crippen LogP contribution is -2.40.